The molecule has 0 aliphatic heterocycles. The van der Waals surface area contributed by atoms with Gasteiger partial charge in [-0.25, -0.2) is 4.79 Å². The van der Waals surface area contributed by atoms with E-state index < -0.39 is 12.1 Å². The highest BCUT2D eigenvalue weighted by Crippen LogP contribution is 1.55. The standard InChI is InChI=1S/C2H5NO2.C2H4O2/c1-5-2(3)4;1-2(3)4/h1H3,(H2,3,4);1H3,(H,3,4). The fraction of sp³-hybridized carbons (Fsp3) is 0.500. The molecule has 0 bridgehead atoms. The number of carboxylic acids is 1. The molecule has 0 aromatic rings. The number of primary amides is 1. The first kappa shape index (κ1) is 10.7. The number of hydrogen-bond donors (Lipinski definition) is 2. The van der Waals surface area contributed by atoms with E-state index >= 15 is 0 Å². The molecule has 54 valence electrons. The number of amides is 1. The fourth-order valence-corrected chi connectivity index (χ4v) is 0. The minimum absolute atomic E-state index is 0.745. The van der Waals surface area contributed by atoms with Crippen molar-refractivity contribution in [2.24, 2.45) is 5.73 Å². The number of hydrogen-bond acceptors (Lipinski definition) is 3. The van der Waals surface area contributed by atoms with E-state index in [1.807, 2.05) is 0 Å². The topological polar surface area (TPSA) is 89.6 Å². The zero-order valence-corrected chi connectivity index (χ0v) is 5.25. The highest BCUT2D eigenvalue weighted by Gasteiger charge is 1.76. The van der Waals surface area contributed by atoms with Crippen molar-refractivity contribution in [1.29, 1.82) is 0 Å². The summed E-state index contributed by atoms with van der Waals surface area (Å²) < 4.78 is 3.89. The summed E-state index contributed by atoms with van der Waals surface area (Å²) in [6, 6.07) is 0. The Morgan fingerprint density at radius 1 is 1.56 bits per heavy atom. The second-order valence-corrected chi connectivity index (χ2v) is 1.04. The molecule has 3 N–H and O–H groups in total. The molecule has 0 spiro atoms. The molecule has 9 heavy (non-hydrogen) atoms. The summed E-state index contributed by atoms with van der Waals surface area (Å²) in [4.78, 5) is 18.4. The molecule has 1 amide bonds. The fourth-order valence-electron chi connectivity index (χ4n) is 0. The van der Waals surface area contributed by atoms with Crippen LogP contribution in [0.5, 0.6) is 0 Å². The maximum absolute atomic E-state index is 9.37. The van der Waals surface area contributed by atoms with Crippen molar-refractivity contribution in [2.45, 2.75) is 6.92 Å². The first-order valence-corrected chi connectivity index (χ1v) is 2.03. The van der Waals surface area contributed by atoms with Crippen LogP contribution in [-0.2, 0) is 9.53 Å². The predicted octanol–water partition coefficient (Wildman–Crippen LogP) is -0.198. The third-order valence-electron chi connectivity index (χ3n) is 0.201. The molecule has 5 heteroatoms. The molecule has 0 aliphatic carbocycles. The Morgan fingerprint density at radius 2 is 1.67 bits per heavy atom. The molecular formula is C4H9NO4. The lowest BCUT2D eigenvalue weighted by atomic mass is 10.9. The van der Waals surface area contributed by atoms with Crippen LogP contribution in [0.25, 0.3) is 0 Å². The van der Waals surface area contributed by atoms with Gasteiger partial charge in [-0.05, 0) is 0 Å². The van der Waals surface area contributed by atoms with Gasteiger partial charge in [0.15, 0.2) is 0 Å². The molecule has 0 saturated heterocycles. The molecular weight excluding hydrogens is 126 g/mol. The second-order valence-electron chi connectivity index (χ2n) is 1.04. The molecule has 0 aliphatic rings. The number of ether oxygens (including phenoxy) is 1. The maximum Gasteiger partial charge on any atom is 0.404 e. The van der Waals surface area contributed by atoms with Crippen molar-refractivity contribution >= 4 is 12.1 Å². The third-order valence-corrected chi connectivity index (χ3v) is 0.201. The van der Waals surface area contributed by atoms with Crippen molar-refractivity contribution in [3.63, 3.8) is 0 Å². The number of aliphatic carboxylic acids is 1. The Kier molecular flexibility index (Phi) is 7.99. The van der Waals surface area contributed by atoms with Crippen molar-refractivity contribution in [3.05, 3.63) is 0 Å². The molecule has 0 rings (SSSR count). The van der Waals surface area contributed by atoms with Crippen LogP contribution in [0, 0.1) is 0 Å². The summed E-state index contributed by atoms with van der Waals surface area (Å²) in [6.45, 7) is 1.08. The Bertz CT molecular complexity index is 96.7. The van der Waals surface area contributed by atoms with Crippen LogP contribution < -0.4 is 5.73 Å². The largest absolute Gasteiger partial charge is 0.481 e. The molecule has 0 radical (unpaired) electrons. The van der Waals surface area contributed by atoms with Crippen molar-refractivity contribution < 1.29 is 19.4 Å². The highest BCUT2D eigenvalue weighted by molar-refractivity contribution is 5.64. The van der Waals surface area contributed by atoms with Gasteiger partial charge in [-0.3, -0.25) is 4.79 Å². The molecule has 0 fully saturated rings. The van der Waals surface area contributed by atoms with Crippen LogP contribution >= 0.6 is 0 Å². The second kappa shape index (κ2) is 6.74. The Balaban J connectivity index is 0. The Morgan fingerprint density at radius 3 is 1.67 bits per heavy atom. The van der Waals surface area contributed by atoms with Crippen LogP contribution in [0.2, 0.25) is 0 Å². The first-order valence-electron chi connectivity index (χ1n) is 2.03. The van der Waals surface area contributed by atoms with E-state index in [1.54, 1.807) is 0 Å². The third kappa shape index (κ3) is 277. The van der Waals surface area contributed by atoms with Gasteiger partial charge in [-0.15, -0.1) is 0 Å². The van der Waals surface area contributed by atoms with E-state index in [9.17, 15) is 4.79 Å². The minimum Gasteiger partial charge on any atom is -0.481 e. The van der Waals surface area contributed by atoms with E-state index in [4.69, 9.17) is 9.90 Å². The summed E-state index contributed by atoms with van der Waals surface area (Å²) >= 11 is 0. The van der Waals surface area contributed by atoms with Crippen LogP contribution in [-0.4, -0.2) is 24.3 Å². The normalized spacial score (nSPS) is 6.44. The molecule has 0 aromatic carbocycles. The average molecular weight is 135 g/mol. The van der Waals surface area contributed by atoms with Gasteiger partial charge < -0.3 is 15.6 Å². The van der Waals surface area contributed by atoms with E-state index in [-0.39, 0.29) is 0 Å². The summed E-state index contributed by atoms with van der Waals surface area (Å²) in [5, 5.41) is 7.42. The van der Waals surface area contributed by atoms with E-state index in [0.717, 1.165) is 6.92 Å². The smallest absolute Gasteiger partial charge is 0.404 e. The van der Waals surface area contributed by atoms with Crippen molar-refractivity contribution in [2.75, 3.05) is 7.11 Å². The zero-order valence-electron chi connectivity index (χ0n) is 5.25. The first-order chi connectivity index (χ1) is 4.00. The summed E-state index contributed by atoms with van der Waals surface area (Å²) in [5.41, 5.74) is 4.43. The van der Waals surface area contributed by atoms with Crippen LogP contribution in [0.3, 0.4) is 0 Å². The van der Waals surface area contributed by atoms with Crippen LogP contribution in [0.1, 0.15) is 6.92 Å². The monoisotopic (exact) mass is 135 g/mol. The molecule has 0 aromatic heterocycles. The average Bonchev–Trinajstić information content (AvgIpc) is 1.65. The van der Waals surface area contributed by atoms with Gasteiger partial charge in [-0.1, -0.05) is 0 Å². The summed E-state index contributed by atoms with van der Waals surface area (Å²) in [6.07, 6.45) is -0.745. The van der Waals surface area contributed by atoms with Gasteiger partial charge in [-0.2, -0.15) is 0 Å². The van der Waals surface area contributed by atoms with Gasteiger partial charge >= 0.3 is 6.09 Å². The highest BCUT2D eigenvalue weighted by atomic mass is 16.5. The molecule has 0 heterocycles. The van der Waals surface area contributed by atoms with Gasteiger partial charge in [0, 0.05) is 6.92 Å². The van der Waals surface area contributed by atoms with Gasteiger partial charge in [0.05, 0.1) is 7.11 Å². The Labute approximate surface area is 52.4 Å². The number of rotatable bonds is 0. The number of methoxy groups -OCH3 is 1. The lowest BCUT2D eigenvalue weighted by molar-refractivity contribution is -0.134. The van der Waals surface area contributed by atoms with Crippen LogP contribution in [0.15, 0.2) is 0 Å². The molecule has 0 atom stereocenters. The summed E-state index contributed by atoms with van der Waals surface area (Å²) in [7, 11) is 1.22. The predicted molar refractivity (Wildman–Crippen MR) is 29.9 cm³/mol. The molecule has 0 saturated carbocycles. The lowest BCUT2D eigenvalue weighted by Crippen LogP contribution is -2.08. The number of carboxylic acid groups (broad SMARTS) is 1. The quantitative estimate of drug-likeness (QED) is 0.481. The van der Waals surface area contributed by atoms with Crippen molar-refractivity contribution in [3.8, 4) is 0 Å². The summed E-state index contributed by atoms with van der Waals surface area (Å²) in [5.74, 6) is -0.833. The van der Waals surface area contributed by atoms with Gasteiger partial charge in [0.2, 0.25) is 0 Å². The van der Waals surface area contributed by atoms with E-state index in [1.165, 1.54) is 7.11 Å². The van der Waals surface area contributed by atoms with Gasteiger partial charge in [0.25, 0.3) is 5.97 Å². The lowest BCUT2D eigenvalue weighted by Gasteiger charge is -1.81. The molecule has 5 nitrogen and oxygen atoms in total. The number of carbonyl (C=O) groups is 2. The Hall–Kier alpha value is -1.26. The molecule has 0 unspecified atom stereocenters. The SMILES string of the molecule is CC(=O)O.COC(N)=O. The van der Waals surface area contributed by atoms with Crippen molar-refractivity contribution in [1.82, 2.24) is 0 Å². The van der Waals surface area contributed by atoms with E-state index in [2.05, 4.69) is 10.5 Å². The number of nitrogens with two attached hydrogens (primary N) is 1. The minimum atomic E-state index is -0.833. The maximum atomic E-state index is 9.37. The zero-order chi connectivity index (χ0) is 7.86. The van der Waals surface area contributed by atoms with Crippen LogP contribution in [0.4, 0.5) is 4.79 Å². The van der Waals surface area contributed by atoms with Gasteiger partial charge in [0.1, 0.15) is 0 Å². The number of carbonyl (C=O) groups excluding carboxylic acids is 1. The van der Waals surface area contributed by atoms with E-state index in [0.29, 0.717) is 0 Å².